The highest BCUT2D eigenvalue weighted by Crippen LogP contribution is 2.42. The predicted octanol–water partition coefficient (Wildman–Crippen LogP) is 4.66. The van der Waals surface area contributed by atoms with Crippen molar-refractivity contribution in [1.82, 2.24) is 10.2 Å². The van der Waals surface area contributed by atoms with Crippen molar-refractivity contribution in [2.75, 3.05) is 13.6 Å². The lowest BCUT2D eigenvalue weighted by Crippen LogP contribution is -2.46. The Kier molecular flexibility index (Phi) is 9.88. The van der Waals surface area contributed by atoms with Gasteiger partial charge in [-0.3, -0.25) is 9.69 Å². The molecular formula is C32H40N2O5. The maximum absolute atomic E-state index is 11.3. The largest absolute Gasteiger partial charge is 0.392 e. The minimum absolute atomic E-state index is 0.00697. The van der Waals surface area contributed by atoms with E-state index in [1.807, 2.05) is 92.8 Å². The topological polar surface area (TPSA) is 91.3 Å². The molecule has 3 aromatic rings. The fourth-order valence-corrected chi connectivity index (χ4v) is 4.97. The van der Waals surface area contributed by atoms with E-state index in [4.69, 9.17) is 9.47 Å². The van der Waals surface area contributed by atoms with Gasteiger partial charge in [0.25, 0.3) is 0 Å². The third-order valence-corrected chi connectivity index (χ3v) is 7.68. The summed E-state index contributed by atoms with van der Waals surface area (Å²) in [6, 6.07) is 25.4. The first-order chi connectivity index (χ1) is 18.8. The van der Waals surface area contributed by atoms with E-state index in [-0.39, 0.29) is 36.7 Å². The summed E-state index contributed by atoms with van der Waals surface area (Å²) in [5.74, 6) is -0.0376. The second kappa shape index (κ2) is 13.3. The molecule has 0 bridgehead atoms. The van der Waals surface area contributed by atoms with Crippen LogP contribution in [-0.4, -0.2) is 46.8 Å². The van der Waals surface area contributed by atoms with Crippen LogP contribution in [0, 0.1) is 5.92 Å². The maximum Gasteiger partial charge on any atom is 0.217 e. The number of carbonyl (C=O) groups excluding carboxylic acids is 1. The van der Waals surface area contributed by atoms with Crippen molar-refractivity contribution in [3.8, 4) is 0 Å². The van der Waals surface area contributed by atoms with Gasteiger partial charge in [0.2, 0.25) is 5.91 Å². The van der Waals surface area contributed by atoms with Crippen molar-refractivity contribution in [1.29, 1.82) is 0 Å². The van der Waals surface area contributed by atoms with Gasteiger partial charge < -0.3 is 25.0 Å². The van der Waals surface area contributed by atoms with Crippen molar-refractivity contribution in [3.63, 3.8) is 0 Å². The van der Waals surface area contributed by atoms with Crippen LogP contribution in [0.1, 0.15) is 67.1 Å². The molecule has 6 atom stereocenters. The average molecular weight is 533 g/mol. The highest BCUT2D eigenvalue weighted by Gasteiger charge is 2.39. The van der Waals surface area contributed by atoms with Crippen LogP contribution in [0.3, 0.4) is 0 Å². The van der Waals surface area contributed by atoms with E-state index in [1.54, 1.807) is 0 Å². The van der Waals surface area contributed by atoms with E-state index in [1.165, 1.54) is 6.92 Å². The first-order valence-electron chi connectivity index (χ1n) is 13.5. The van der Waals surface area contributed by atoms with Gasteiger partial charge in [0.05, 0.1) is 24.9 Å². The number of nitrogens with one attached hydrogen (secondary N) is 1. The van der Waals surface area contributed by atoms with Crippen LogP contribution in [0.4, 0.5) is 0 Å². The molecule has 0 radical (unpaired) electrons. The predicted molar refractivity (Wildman–Crippen MR) is 150 cm³/mol. The number of nitrogens with zero attached hydrogens (tertiary/aromatic N) is 1. The molecule has 1 fully saturated rings. The van der Waals surface area contributed by atoms with E-state index in [0.29, 0.717) is 13.1 Å². The molecule has 0 aliphatic carbocycles. The molecule has 1 heterocycles. The molecule has 1 saturated heterocycles. The Hall–Kier alpha value is -3.07. The van der Waals surface area contributed by atoms with Crippen molar-refractivity contribution in [3.05, 3.63) is 107 Å². The molecule has 0 aromatic heterocycles. The SMILES string of the molecule is CC(=O)NCc1ccc(C2OC(CN(C)C(C)C(O)c3ccccc3)C(C)C(c3ccc(CO)cc3)O2)cc1. The van der Waals surface area contributed by atoms with Crippen molar-refractivity contribution < 1.29 is 24.5 Å². The highest BCUT2D eigenvalue weighted by atomic mass is 16.7. The van der Waals surface area contributed by atoms with Crippen molar-refractivity contribution >= 4 is 5.91 Å². The number of hydrogen-bond donors (Lipinski definition) is 3. The van der Waals surface area contributed by atoms with Crippen molar-refractivity contribution in [2.24, 2.45) is 5.92 Å². The molecule has 6 unspecified atom stereocenters. The Bertz CT molecular complexity index is 1190. The lowest BCUT2D eigenvalue weighted by Gasteiger charge is -2.43. The summed E-state index contributed by atoms with van der Waals surface area (Å²) in [6.45, 7) is 6.73. The summed E-state index contributed by atoms with van der Waals surface area (Å²) in [4.78, 5) is 13.4. The number of amides is 1. The Balaban J connectivity index is 1.55. The van der Waals surface area contributed by atoms with Gasteiger partial charge in [-0.05, 0) is 36.2 Å². The summed E-state index contributed by atoms with van der Waals surface area (Å²) < 4.78 is 13.1. The molecule has 0 spiro atoms. The molecule has 1 aliphatic heterocycles. The van der Waals surface area contributed by atoms with E-state index in [2.05, 4.69) is 17.1 Å². The molecule has 0 saturated carbocycles. The van der Waals surface area contributed by atoms with Gasteiger partial charge in [-0.2, -0.15) is 0 Å². The number of benzene rings is 3. The van der Waals surface area contributed by atoms with Gasteiger partial charge in [0, 0.05) is 37.5 Å². The normalized spacial score (nSPS) is 22.8. The zero-order valence-electron chi connectivity index (χ0n) is 23.2. The molecule has 1 amide bonds. The molecule has 4 rings (SSSR count). The van der Waals surface area contributed by atoms with E-state index in [9.17, 15) is 15.0 Å². The number of rotatable bonds is 10. The second-order valence-corrected chi connectivity index (χ2v) is 10.5. The Morgan fingerprint density at radius 2 is 1.56 bits per heavy atom. The van der Waals surface area contributed by atoms with Crippen LogP contribution < -0.4 is 5.32 Å². The molecule has 3 N–H and O–H groups in total. The monoisotopic (exact) mass is 532 g/mol. The number of aliphatic hydroxyl groups is 2. The Morgan fingerprint density at radius 3 is 2.18 bits per heavy atom. The molecule has 39 heavy (non-hydrogen) atoms. The second-order valence-electron chi connectivity index (χ2n) is 10.5. The minimum atomic E-state index is -0.625. The summed E-state index contributed by atoms with van der Waals surface area (Å²) in [5, 5.41) is 23.3. The first-order valence-corrected chi connectivity index (χ1v) is 13.5. The minimum Gasteiger partial charge on any atom is -0.392 e. The summed E-state index contributed by atoms with van der Waals surface area (Å²) >= 11 is 0. The lowest BCUT2D eigenvalue weighted by atomic mass is 9.89. The summed E-state index contributed by atoms with van der Waals surface area (Å²) in [5.41, 5.74) is 4.66. The number of ether oxygens (including phenoxy) is 2. The average Bonchev–Trinajstić information content (AvgIpc) is 2.97. The highest BCUT2D eigenvalue weighted by molar-refractivity contribution is 5.72. The molecule has 1 aliphatic rings. The first kappa shape index (κ1) is 28.9. The van der Waals surface area contributed by atoms with Gasteiger partial charge >= 0.3 is 0 Å². The molecule has 7 nitrogen and oxygen atoms in total. The Labute approximate surface area is 231 Å². The van der Waals surface area contributed by atoms with Gasteiger partial charge in [0.1, 0.15) is 0 Å². The lowest BCUT2D eigenvalue weighted by molar-refractivity contribution is -0.276. The van der Waals surface area contributed by atoms with Crippen LogP contribution in [0.5, 0.6) is 0 Å². The third kappa shape index (κ3) is 7.32. The van der Waals surface area contributed by atoms with E-state index < -0.39 is 12.4 Å². The molecular weight excluding hydrogens is 492 g/mol. The quantitative estimate of drug-likeness (QED) is 0.352. The summed E-state index contributed by atoms with van der Waals surface area (Å²) in [6.07, 6.45) is -1.59. The number of hydrogen-bond acceptors (Lipinski definition) is 6. The van der Waals surface area contributed by atoms with Crippen LogP contribution in [0.15, 0.2) is 78.9 Å². The van der Waals surface area contributed by atoms with Gasteiger partial charge in [-0.1, -0.05) is 85.8 Å². The standard InChI is InChI=1S/C32H40N2O5/c1-21-29(19-34(4)22(2)30(37)26-8-6-5-7-9-26)38-32(28-16-10-24(11-17-28)18-33-23(3)36)39-31(21)27-14-12-25(20-35)13-15-27/h5-17,21-22,29-32,35,37H,18-20H2,1-4H3,(H,33,36). The smallest absolute Gasteiger partial charge is 0.217 e. The van der Waals surface area contributed by atoms with Gasteiger partial charge in [0.15, 0.2) is 6.29 Å². The van der Waals surface area contributed by atoms with Crippen LogP contribution >= 0.6 is 0 Å². The van der Waals surface area contributed by atoms with Crippen LogP contribution in [0.25, 0.3) is 0 Å². The molecule has 7 heteroatoms. The van der Waals surface area contributed by atoms with E-state index in [0.717, 1.165) is 27.8 Å². The fraction of sp³-hybridized carbons (Fsp3) is 0.406. The fourth-order valence-electron chi connectivity index (χ4n) is 4.97. The zero-order valence-corrected chi connectivity index (χ0v) is 23.2. The van der Waals surface area contributed by atoms with E-state index >= 15 is 0 Å². The van der Waals surface area contributed by atoms with Crippen LogP contribution in [-0.2, 0) is 27.4 Å². The van der Waals surface area contributed by atoms with Crippen LogP contribution in [0.2, 0.25) is 0 Å². The zero-order chi connectivity index (χ0) is 27.9. The Morgan fingerprint density at radius 1 is 0.949 bits per heavy atom. The number of likely N-dealkylation sites (N-methyl/N-ethyl adjacent to an activating group) is 1. The number of carbonyl (C=O) groups is 1. The summed E-state index contributed by atoms with van der Waals surface area (Å²) in [7, 11) is 2.01. The number of aliphatic hydroxyl groups excluding tert-OH is 2. The molecule has 3 aromatic carbocycles. The maximum atomic E-state index is 11.3. The van der Waals surface area contributed by atoms with Crippen molar-refractivity contribution in [2.45, 2.75) is 64.6 Å². The molecule has 208 valence electrons. The third-order valence-electron chi connectivity index (χ3n) is 7.68. The van der Waals surface area contributed by atoms with Gasteiger partial charge in [-0.25, -0.2) is 0 Å². The van der Waals surface area contributed by atoms with Gasteiger partial charge in [-0.15, -0.1) is 0 Å².